The molecule has 0 aromatic rings. The van der Waals surface area contributed by atoms with E-state index in [4.69, 9.17) is 4.99 Å². The molecule has 0 N–H and O–H groups in total. The van der Waals surface area contributed by atoms with Gasteiger partial charge in [0, 0.05) is 37.8 Å². The SMILES string of the molecule is CC.CCCCN(CC)C(C)CCN(C)C1=NC(C)C=N/C=C\CS1. The standard InChI is InChI=1S/C18H34N4S.C2H6/c1-6-8-12-22(7-2)17(4)10-13-21(5)18-20-16(3)15-19-11-9-14-23-18;1-2/h9,11,15-17H,6-8,10,12-14H2,1-5H3;1-2H3/b11-9-,19-15?,20-18?;. The summed E-state index contributed by atoms with van der Waals surface area (Å²) < 4.78 is 0. The summed E-state index contributed by atoms with van der Waals surface area (Å²) in [5.74, 6) is 0.931. The lowest BCUT2D eigenvalue weighted by molar-refractivity contribution is 0.199. The zero-order chi connectivity index (χ0) is 19.1. The molecular formula is C20H40N4S. The molecule has 1 aliphatic heterocycles. The molecule has 0 aliphatic carbocycles. The maximum absolute atomic E-state index is 4.79. The fourth-order valence-corrected chi connectivity index (χ4v) is 3.45. The predicted octanol–water partition coefficient (Wildman–Crippen LogP) is 4.92. The van der Waals surface area contributed by atoms with E-state index in [0.29, 0.717) is 6.04 Å². The Balaban J connectivity index is 0.00000277. The Bertz CT molecular complexity index is 407. The van der Waals surface area contributed by atoms with E-state index < -0.39 is 0 Å². The van der Waals surface area contributed by atoms with Crippen molar-refractivity contribution >= 4 is 23.1 Å². The molecule has 2 atom stereocenters. The van der Waals surface area contributed by atoms with Crippen LogP contribution in [0.3, 0.4) is 0 Å². The molecule has 0 spiro atoms. The van der Waals surface area contributed by atoms with Gasteiger partial charge < -0.3 is 9.80 Å². The van der Waals surface area contributed by atoms with Crippen molar-refractivity contribution in [3.63, 3.8) is 0 Å². The molecular weight excluding hydrogens is 328 g/mol. The van der Waals surface area contributed by atoms with E-state index in [9.17, 15) is 0 Å². The first-order valence-corrected chi connectivity index (χ1v) is 10.9. The fourth-order valence-electron chi connectivity index (χ4n) is 2.56. The normalized spacial score (nSPS) is 19.8. The second-order valence-electron chi connectivity index (χ2n) is 6.19. The molecule has 25 heavy (non-hydrogen) atoms. The number of aliphatic imine (C=N–C) groups is 2. The van der Waals surface area contributed by atoms with Crippen LogP contribution in [0.4, 0.5) is 0 Å². The molecule has 0 saturated heterocycles. The van der Waals surface area contributed by atoms with E-state index in [1.54, 1.807) is 11.8 Å². The summed E-state index contributed by atoms with van der Waals surface area (Å²) in [4.78, 5) is 13.9. The Kier molecular flexibility index (Phi) is 14.9. The van der Waals surface area contributed by atoms with Gasteiger partial charge >= 0.3 is 0 Å². The third kappa shape index (κ3) is 10.7. The summed E-state index contributed by atoms with van der Waals surface area (Å²) in [5, 5.41) is 1.12. The van der Waals surface area contributed by atoms with E-state index >= 15 is 0 Å². The highest BCUT2D eigenvalue weighted by molar-refractivity contribution is 8.13. The molecule has 0 saturated carbocycles. The number of unbranched alkanes of at least 4 members (excludes halogenated alkanes) is 1. The van der Waals surface area contributed by atoms with Gasteiger partial charge in [0.1, 0.15) is 0 Å². The van der Waals surface area contributed by atoms with Crippen LogP contribution in [0.15, 0.2) is 22.3 Å². The second-order valence-corrected chi connectivity index (χ2v) is 7.17. The van der Waals surface area contributed by atoms with Crippen molar-refractivity contribution in [1.29, 1.82) is 0 Å². The molecule has 0 amide bonds. The van der Waals surface area contributed by atoms with Gasteiger partial charge in [-0.1, -0.05) is 52.0 Å². The van der Waals surface area contributed by atoms with Crippen LogP contribution in [0, 0.1) is 0 Å². The second kappa shape index (κ2) is 15.4. The Morgan fingerprint density at radius 2 is 2.00 bits per heavy atom. The lowest BCUT2D eigenvalue weighted by Crippen LogP contribution is -2.37. The van der Waals surface area contributed by atoms with Gasteiger partial charge in [0.05, 0.1) is 6.04 Å². The molecule has 0 aromatic carbocycles. The quantitative estimate of drug-likeness (QED) is 0.609. The Labute approximate surface area is 160 Å². The molecule has 1 rings (SSSR count). The Morgan fingerprint density at radius 1 is 1.28 bits per heavy atom. The highest BCUT2D eigenvalue weighted by Gasteiger charge is 2.14. The summed E-state index contributed by atoms with van der Waals surface area (Å²) in [6.45, 7) is 16.4. The van der Waals surface area contributed by atoms with Crippen LogP contribution in [0.5, 0.6) is 0 Å². The van der Waals surface area contributed by atoms with Gasteiger partial charge in [-0.25, -0.2) is 0 Å². The van der Waals surface area contributed by atoms with Crippen LogP contribution in [0.25, 0.3) is 0 Å². The van der Waals surface area contributed by atoms with E-state index in [1.165, 1.54) is 25.8 Å². The zero-order valence-corrected chi connectivity index (χ0v) is 18.4. The zero-order valence-electron chi connectivity index (χ0n) is 17.5. The van der Waals surface area contributed by atoms with Crippen molar-refractivity contribution in [2.24, 2.45) is 9.98 Å². The summed E-state index contributed by atoms with van der Waals surface area (Å²) in [6.07, 6.45) is 9.60. The first-order valence-electron chi connectivity index (χ1n) is 9.92. The molecule has 0 radical (unpaired) electrons. The number of hydrogen-bond donors (Lipinski definition) is 0. The summed E-state index contributed by atoms with van der Waals surface area (Å²) in [5.41, 5.74) is 0. The van der Waals surface area contributed by atoms with Crippen LogP contribution in [0.1, 0.15) is 60.8 Å². The highest BCUT2D eigenvalue weighted by Crippen LogP contribution is 2.13. The maximum atomic E-state index is 4.79. The molecule has 5 heteroatoms. The monoisotopic (exact) mass is 368 g/mol. The van der Waals surface area contributed by atoms with Crippen LogP contribution in [-0.4, -0.2) is 65.7 Å². The van der Waals surface area contributed by atoms with E-state index in [-0.39, 0.29) is 6.04 Å². The van der Waals surface area contributed by atoms with Crippen molar-refractivity contribution in [1.82, 2.24) is 9.80 Å². The van der Waals surface area contributed by atoms with Crippen molar-refractivity contribution in [3.8, 4) is 0 Å². The fraction of sp³-hybridized carbons (Fsp3) is 0.800. The smallest absolute Gasteiger partial charge is 0.159 e. The summed E-state index contributed by atoms with van der Waals surface area (Å²) >= 11 is 1.80. The van der Waals surface area contributed by atoms with E-state index in [1.807, 2.05) is 26.3 Å². The van der Waals surface area contributed by atoms with Gasteiger partial charge in [-0.3, -0.25) is 9.98 Å². The van der Waals surface area contributed by atoms with Crippen molar-refractivity contribution < 1.29 is 0 Å². The molecule has 0 fully saturated rings. The average molecular weight is 369 g/mol. The summed E-state index contributed by atoms with van der Waals surface area (Å²) in [6, 6.07) is 0.756. The van der Waals surface area contributed by atoms with Crippen molar-refractivity contribution in [3.05, 3.63) is 12.3 Å². The Morgan fingerprint density at radius 3 is 2.64 bits per heavy atom. The molecule has 4 nitrogen and oxygen atoms in total. The van der Waals surface area contributed by atoms with Gasteiger partial charge in [0.2, 0.25) is 0 Å². The number of nitrogens with zero attached hydrogens (tertiary/aromatic N) is 4. The number of thioether (sulfide) groups is 1. The van der Waals surface area contributed by atoms with Crippen molar-refractivity contribution in [2.45, 2.75) is 72.9 Å². The van der Waals surface area contributed by atoms with Crippen molar-refractivity contribution in [2.75, 3.05) is 32.4 Å². The first kappa shape index (κ1) is 24.2. The van der Waals surface area contributed by atoms with Gasteiger partial charge in [-0.15, -0.1) is 0 Å². The molecule has 2 unspecified atom stereocenters. The first-order chi connectivity index (χ1) is 12.1. The molecule has 1 heterocycles. The highest BCUT2D eigenvalue weighted by atomic mass is 32.2. The number of rotatable bonds is 8. The van der Waals surface area contributed by atoms with Gasteiger partial charge in [-0.2, -0.15) is 0 Å². The Hall–Kier alpha value is -0.810. The topological polar surface area (TPSA) is 31.2 Å². The van der Waals surface area contributed by atoms with E-state index in [0.717, 1.165) is 24.0 Å². The van der Waals surface area contributed by atoms with E-state index in [2.05, 4.69) is 55.6 Å². The lowest BCUT2D eigenvalue weighted by atomic mass is 10.2. The molecule has 0 aromatic heterocycles. The minimum Gasteiger partial charge on any atom is -0.354 e. The average Bonchev–Trinajstić information content (AvgIpc) is 2.73. The maximum Gasteiger partial charge on any atom is 0.159 e. The largest absolute Gasteiger partial charge is 0.354 e. The van der Waals surface area contributed by atoms with Crippen LogP contribution >= 0.6 is 11.8 Å². The van der Waals surface area contributed by atoms with Crippen LogP contribution in [0.2, 0.25) is 0 Å². The predicted molar refractivity (Wildman–Crippen MR) is 117 cm³/mol. The third-order valence-corrected chi connectivity index (χ3v) is 5.19. The minimum atomic E-state index is 0.136. The van der Waals surface area contributed by atoms with Crippen LogP contribution < -0.4 is 0 Å². The lowest BCUT2D eigenvalue weighted by Gasteiger charge is -2.30. The van der Waals surface area contributed by atoms with Gasteiger partial charge in [0.15, 0.2) is 5.17 Å². The number of amidine groups is 1. The summed E-state index contributed by atoms with van der Waals surface area (Å²) in [7, 11) is 2.16. The molecule has 146 valence electrons. The minimum absolute atomic E-state index is 0.136. The number of hydrogen-bond acceptors (Lipinski definition) is 5. The third-order valence-electron chi connectivity index (χ3n) is 4.15. The van der Waals surface area contributed by atoms with Gasteiger partial charge in [-0.05, 0) is 39.8 Å². The molecule has 1 aliphatic rings. The molecule has 0 bridgehead atoms. The van der Waals surface area contributed by atoms with Gasteiger partial charge in [0.25, 0.3) is 0 Å². The van der Waals surface area contributed by atoms with Crippen LogP contribution in [-0.2, 0) is 0 Å².